The van der Waals surface area contributed by atoms with Crippen LogP contribution in [0.3, 0.4) is 0 Å². The van der Waals surface area contributed by atoms with Crippen molar-refractivity contribution >= 4 is 35.1 Å². The Labute approximate surface area is 237 Å². The molecule has 1 unspecified atom stereocenters. The van der Waals surface area contributed by atoms with Crippen LogP contribution in [-0.2, 0) is 23.9 Å². The Morgan fingerprint density at radius 1 is 1.02 bits per heavy atom. The van der Waals surface area contributed by atoms with Gasteiger partial charge in [-0.25, -0.2) is 0 Å². The average molecular weight is 563 g/mol. The van der Waals surface area contributed by atoms with Crippen LogP contribution in [0.4, 0.5) is 5.69 Å². The maximum Gasteiger partial charge on any atom is 0.313 e. The second-order valence-electron chi connectivity index (χ2n) is 10.8. The van der Waals surface area contributed by atoms with E-state index in [1.54, 1.807) is 23.1 Å². The number of carbonyl (C=O) groups is 3. The predicted molar refractivity (Wildman–Crippen MR) is 149 cm³/mol. The number of likely N-dealkylation sites (tertiary alicyclic amines) is 1. The predicted octanol–water partition coefficient (Wildman–Crippen LogP) is 3.76. The van der Waals surface area contributed by atoms with Crippen LogP contribution in [0.25, 0.3) is 0 Å². The zero-order valence-corrected chi connectivity index (χ0v) is 23.1. The molecule has 4 aliphatic rings. The molecule has 2 amide bonds. The molecule has 6 atom stereocenters. The number of amides is 2. The van der Waals surface area contributed by atoms with E-state index in [1.165, 1.54) is 4.90 Å². The topological polar surface area (TPSA) is 96.4 Å². The highest BCUT2D eigenvalue weighted by Gasteiger charge is 2.76. The number of anilines is 1. The number of rotatable bonds is 5. The summed E-state index contributed by atoms with van der Waals surface area (Å²) in [5, 5.41) is 11.1. The maximum absolute atomic E-state index is 14.8. The van der Waals surface area contributed by atoms with E-state index in [9.17, 15) is 19.5 Å². The number of fused-ring (bicyclic) bond motifs is 2. The molecular formula is C31H31ClN2O6. The fourth-order valence-corrected chi connectivity index (χ4v) is 7.39. The number of ether oxygens (including phenoxy) is 2. The van der Waals surface area contributed by atoms with Gasteiger partial charge in [-0.15, -0.1) is 0 Å². The first kappa shape index (κ1) is 26.7. The van der Waals surface area contributed by atoms with Crippen LogP contribution in [0.15, 0.2) is 72.8 Å². The number of hydrogen-bond acceptors (Lipinski definition) is 6. The lowest BCUT2D eigenvalue weighted by Crippen LogP contribution is -2.57. The van der Waals surface area contributed by atoms with Crippen molar-refractivity contribution in [2.75, 3.05) is 24.7 Å². The summed E-state index contributed by atoms with van der Waals surface area (Å²) in [5.74, 6) is -3.36. The zero-order valence-electron chi connectivity index (χ0n) is 22.3. The van der Waals surface area contributed by atoms with Gasteiger partial charge >= 0.3 is 5.97 Å². The molecule has 0 aromatic heterocycles. The van der Waals surface area contributed by atoms with Gasteiger partial charge in [-0.2, -0.15) is 0 Å². The van der Waals surface area contributed by atoms with E-state index in [1.807, 2.05) is 68.5 Å². The lowest BCUT2D eigenvalue weighted by atomic mass is 9.73. The Kier molecular flexibility index (Phi) is 6.60. The van der Waals surface area contributed by atoms with Crippen LogP contribution in [-0.4, -0.2) is 64.8 Å². The molecule has 2 saturated heterocycles. The van der Waals surface area contributed by atoms with Crippen LogP contribution in [0, 0.1) is 18.8 Å². The Hall–Kier alpha value is -3.46. The average Bonchev–Trinajstić information content (AvgIpc) is 3.23. The number of aliphatic hydroxyl groups excluding tert-OH is 1. The van der Waals surface area contributed by atoms with E-state index in [2.05, 4.69) is 0 Å². The van der Waals surface area contributed by atoms with Gasteiger partial charge in [0.25, 0.3) is 5.91 Å². The van der Waals surface area contributed by atoms with Crippen LogP contribution in [0.1, 0.15) is 30.5 Å². The minimum absolute atomic E-state index is 0.0824. The van der Waals surface area contributed by atoms with Gasteiger partial charge in [0.2, 0.25) is 5.91 Å². The summed E-state index contributed by atoms with van der Waals surface area (Å²) in [6, 6.07) is 12.5. The van der Waals surface area contributed by atoms with Gasteiger partial charge in [-0.05, 0) is 36.6 Å². The highest BCUT2D eigenvalue weighted by atomic mass is 35.5. The number of halogens is 1. The number of hydrogen-bond donors (Lipinski definition) is 1. The Bertz CT molecular complexity index is 1410. The summed E-state index contributed by atoms with van der Waals surface area (Å²) in [6.07, 6.45) is 7.53. The highest BCUT2D eigenvalue weighted by molar-refractivity contribution is 6.34. The second kappa shape index (κ2) is 9.87. The van der Waals surface area contributed by atoms with Crippen molar-refractivity contribution in [3.05, 3.63) is 89.0 Å². The van der Waals surface area contributed by atoms with Crippen molar-refractivity contribution in [3.63, 3.8) is 0 Å². The van der Waals surface area contributed by atoms with Gasteiger partial charge in [0.1, 0.15) is 29.8 Å². The zero-order chi connectivity index (χ0) is 28.2. The highest BCUT2D eigenvalue weighted by Crippen LogP contribution is 2.59. The monoisotopic (exact) mass is 562 g/mol. The number of benzene rings is 2. The molecule has 4 aliphatic heterocycles. The quantitative estimate of drug-likeness (QED) is 0.440. The molecule has 208 valence electrons. The maximum atomic E-state index is 14.8. The minimum atomic E-state index is -1.47. The van der Waals surface area contributed by atoms with Gasteiger partial charge < -0.3 is 24.4 Å². The Morgan fingerprint density at radius 3 is 2.50 bits per heavy atom. The molecule has 40 heavy (non-hydrogen) atoms. The SMILES string of the molecule is CC[C@]12C=CCOC(=O)[C@H]1[C@H]1C(=O)N([C@H](CO)c3ccccc3)C3C(=O)N(c4c(C)cccc4Cl)CC=C[C@@]31O2. The van der Waals surface area contributed by atoms with E-state index in [-0.39, 0.29) is 13.2 Å². The third-order valence-corrected chi connectivity index (χ3v) is 9.09. The molecule has 0 bridgehead atoms. The molecular weight excluding hydrogens is 532 g/mol. The number of esters is 1. The van der Waals surface area contributed by atoms with Gasteiger partial charge in [-0.3, -0.25) is 14.4 Å². The third-order valence-electron chi connectivity index (χ3n) is 8.78. The second-order valence-corrected chi connectivity index (χ2v) is 11.2. The first-order chi connectivity index (χ1) is 19.3. The molecule has 4 heterocycles. The number of cyclic esters (lactones) is 1. The van der Waals surface area contributed by atoms with E-state index in [0.29, 0.717) is 22.7 Å². The van der Waals surface area contributed by atoms with Crippen molar-refractivity contribution in [3.8, 4) is 0 Å². The molecule has 0 radical (unpaired) electrons. The summed E-state index contributed by atoms with van der Waals surface area (Å²) in [5.41, 5.74) is -0.584. The normalized spacial score (nSPS) is 31.8. The van der Waals surface area contributed by atoms with Gasteiger partial charge in [0, 0.05) is 6.54 Å². The number of para-hydroxylation sites is 1. The number of carbonyl (C=O) groups excluding carboxylic acids is 3. The number of aliphatic hydroxyl groups is 1. The van der Waals surface area contributed by atoms with E-state index >= 15 is 0 Å². The lowest BCUT2D eigenvalue weighted by molar-refractivity contribution is -0.159. The molecule has 2 aromatic carbocycles. The van der Waals surface area contributed by atoms with E-state index in [0.717, 1.165) is 5.56 Å². The molecule has 6 rings (SSSR count). The van der Waals surface area contributed by atoms with Crippen LogP contribution >= 0.6 is 11.6 Å². The smallest absolute Gasteiger partial charge is 0.313 e. The van der Waals surface area contributed by atoms with Crippen LogP contribution in [0.2, 0.25) is 5.02 Å². The third kappa shape index (κ3) is 3.70. The Morgan fingerprint density at radius 2 is 1.80 bits per heavy atom. The summed E-state index contributed by atoms with van der Waals surface area (Å²) in [6.45, 7) is 3.62. The molecule has 1 N–H and O–H groups in total. The van der Waals surface area contributed by atoms with Crippen molar-refractivity contribution in [2.24, 2.45) is 11.8 Å². The minimum Gasteiger partial charge on any atom is -0.461 e. The lowest BCUT2D eigenvalue weighted by Gasteiger charge is -2.41. The van der Waals surface area contributed by atoms with Crippen LogP contribution < -0.4 is 4.90 Å². The number of nitrogens with zero attached hydrogens (tertiary/aromatic N) is 2. The molecule has 2 aromatic rings. The van der Waals surface area contributed by atoms with Crippen molar-refractivity contribution < 1.29 is 29.0 Å². The van der Waals surface area contributed by atoms with Gasteiger partial charge in [0.05, 0.1) is 29.3 Å². The molecule has 0 aliphatic carbocycles. The van der Waals surface area contributed by atoms with Crippen molar-refractivity contribution in [1.29, 1.82) is 0 Å². The first-order valence-corrected chi connectivity index (χ1v) is 13.9. The number of aryl methyl sites for hydroxylation is 1. The van der Waals surface area contributed by atoms with Gasteiger partial charge in [0.15, 0.2) is 0 Å². The molecule has 8 nitrogen and oxygen atoms in total. The first-order valence-electron chi connectivity index (χ1n) is 13.6. The van der Waals surface area contributed by atoms with Gasteiger partial charge in [-0.1, -0.05) is 79.2 Å². The fraction of sp³-hybridized carbons (Fsp3) is 0.387. The summed E-state index contributed by atoms with van der Waals surface area (Å²) < 4.78 is 12.4. The van der Waals surface area contributed by atoms with Crippen molar-refractivity contribution in [2.45, 2.75) is 43.6 Å². The Balaban J connectivity index is 1.57. The molecule has 2 fully saturated rings. The van der Waals surface area contributed by atoms with Crippen molar-refractivity contribution in [1.82, 2.24) is 4.90 Å². The summed E-state index contributed by atoms with van der Waals surface area (Å²) in [4.78, 5) is 45.8. The largest absolute Gasteiger partial charge is 0.461 e. The standard InChI is InChI=1S/C31H31ClN2O6/c1-3-30-14-9-17-39-29(38)24(30)23-27(36)34(22(18-35)20-11-5-4-6-12-20)26-28(37)33(16-8-15-31(23,26)40-30)25-19(2)10-7-13-21(25)32/h4-15,22-24,26,35H,3,16-18H2,1-2H3/t22-,23+,24-,26?,30+,31+/m1/s1. The van der Waals surface area contributed by atoms with E-state index in [4.69, 9.17) is 21.1 Å². The van der Waals surface area contributed by atoms with E-state index < -0.39 is 59.5 Å². The summed E-state index contributed by atoms with van der Waals surface area (Å²) >= 11 is 6.63. The van der Waals surface area contributed by atoms with Crippen LogP contribution in [0.5, 0.6) is 0 Å². The molecule has 9 heteroatoms. The molecule has 0 saturated carbocycles. The fourth-order valence-electron chi connectivity index (χ4n) is 7.07. The molecule has 1 spiro atoms. The summed E-state index contributed by atoms with van der Waals surface area (Å²) in [7, 11) is 0.